The summed E-state index contributed by atoms with van der Waals surface area (Å²) in [6.07, 6.45) is 2.02. The average molecular weight is 367 g/mol. The number of carbonyl (C=O) groups excluding carboxylic acids is 2. The lowest BCUT2D eigenvalue weighted by Gasteiger charge is -2.19. The smallest absolute Gasteiger partial charge is 0.329 e. The third-order valence-corrected chi connectivity index (χ3v) is 4.87. The van der Waals surface area contributed by atoms with Gasteiger partial charge in [-0.05, 0) is 24.6 Å². The Hall–Kier alpha value is -3.09. The Kier molecular flexibility index (Phi) is 4.02. The zero-order valence-corrected chi connectivity index (χ0v) is 15.5. The van der Waals surface area contributed by atoms with Gasteiger partial charge in [-0.1, -0.05) is 26.8 Å². The summed E-state index contributed by atoms with van der Waals surface area (Å²) in [4.78, 5) is 29.7. The number of urea groups is 1. The van der Waals surface area contributed by atoms with Gasteiger partial charge in [-0.3, -0.25) is 4.79 Å². The minimum atomic E-state index is -0.484. The zero-order valence-electron chi connectivity index (χ0n) is 15.5. The Balaban J connectivity index is 1.58. The van der Waals surface area contributed by atoms with Crippen molar-refractivity contribution in [1.29, 1.82) is 0 Å². The summed E-state index contributed by atoms with van der Waals surface area (Å²) in [6, 6.07) is 8.08. The number of rotatable bonds is 4. The number of amides is 3. The Morgan fingerprint density at radius 2 is 2.11 bits per heavy atom. The molecule has 2 aromatic rings. The van der Waals surface area contributed by atoms with Crippen molar-refractivity contribution in [3.05, 3.63) is 42.1 Å². The van der Waals surface area contributed by atoms with Crippen molar-refractivity contribution >= 4 is 17.6 Å². The maximum atomic E-state index is 12.3. The third-order valence-electron chi connectivity index (χ3n) is 4.87. The zero-order chi connectivity index (χ0) is 19.2. The van der Waals surface area contributed by atoms with Crippen molar-refractivity contribution in [3.63, 3.8) is 0 Å². The number of carbonyl (C=O) groups is 2. The minimum Gasteiger partial charge on any atom is -0.492 e. The lowest BCUT2D eigenvalue weighted by Crippen LogP contribution is -2.31. The van der Waals surface area contributed by atoms with Crippen LogP contribution in [0.4, 0.5) is 10.5 Å². The summed E-state index contributed by atoms with van der Waals surface area (Å²) in [5.74, 6) is 1.63. The molecule has 1 N–H and O–H groups in total. The molecule has 0 bridgehead atoms. The van der Waals surface area contributed by atoms with Crippen molar-refractivity contribution in [2.75, 3.05) is 11.5 Å². The molecule has 0 spiro atoms. The summed E-state index contributed by atoms with van der Waals surface area (Å²) < 4.78 is 11.7. The number of hydrogen-bond acceptors (Lipinski definition) is 5. The van der Waals surface area contributed by atoms with Crippen LogP contribution in [-0.4, -0.2) is 29.6 Å². The monoisotopic (exact) mass is 367 g/mol. The number of anilines is 1. The minimum absolute atomic E-state index is 0.152. The highest BCUT2D eigenvalue weighted by Gasteiger charge is 2.38. The van der Waals surface area contributed by atoms with E-state index in [1.54, 1.807) is 12.1 Å². The summed E-state index contributed by atoms with van der Waals surface area (Å²) >= 11 is 0. The maximum Gasteiger partial charge on any atom is 0.329 e. The van der Waals surface area contributed by atoms with E-state index in [-0.39, 0.29) is 11.3 Å². The van der Waals surface area contributed by atoms with E-state index in [4.69, 9.17) is 9.47 Å². The van der Waals surface area contributed by atoms with Crippen LogP contribution in [0.5, 0.6) is 17.4 Å². The van der Waals surface area contributed by atoms with E-state index in [9.17, 15) is 9.59 Å². The van der Waals surface area contributed by atoms with E-state index >= 15 is 0 Å². The highest BCUT2D eigenvalue weighted by molar-refractivity contribution is 6.21. The second-order valence-electron chi connectivity index (χ2n) is 7.34. The molecule has 0 aliphatic carbocycles. The van der Waals surface area contributed by atoms with Crippen LogP contribution >= 0.6 is 0 Å². The number of pyridine rings is 1. The molecule has 7 nitrogen and oxygen atoms in total. The normalized spacial score (nSPS) is 20.3. The van der Waals surface area contributed by atoms with Gasteiger partial charge in [-0.25, -0.2) is 14.7 Å². The molecule has 3 heterocycles. The molecule has 0 saturated carbocycles. The molecule has 2 aliphatic rings. The molecule has 7 heteroatoms. The Bertz CT molecular complexity index is 908. The first-order chi connectivity index (χ1) is 12.9. The van der Waals surface area contributed by atoms with Gasteiger partial charge in [-0.15, -0.1) is 0 Å². The molecule has 1 aromatic heterocycles. The van der Waals surface area contributed by atoms with Crippen LogP contribution in [0, 0.1) is 0 Å². The molecular weight excluding hydrogens is 346 g/mol. The van der Waals surface area contributed by atoms with Gasteiger partial charge in [0, 0.05) is 17.0 Å². The van der Waals surface area contributed by atoms with Crippen LogP contribution < -0.4 is 19.7 Å². The fourth-order valence-electron chi connectivity index (χ4n) is 3.44. The van der Waals surface area contributed by atoms with Crippen molar-refractivity contribution in [3.8, 4) is 17.4 Å². The van der Waals surface area contributed by atoms with Gasteiger partial charge in [0.05, 0.1) is 18.5 Å². The van der Waals surface area contributed by atoms with Crippen LogP contribution in [-0.2, 0) is 10.2 Å². The number of nitrogens with zero attached hydrogens (tertiary/aromatic N) is 2. The van der Waals surface area contributed by atoms with Crippen LogP contribution in [0.3, 0.4) is 0 Å². The molecule has 1 fully saturated rings. The molecule has 0 unspecified atom stereocenters. The van der Waals surface area contributed by atoms with Gasteiger partial charge in [0.2, 0.25) is 5.88 Å². The molecule has 4 rings (SSSR count). The fourth-order valence-corrected chi connectivity index (χ4v) is 3.44. The van der Waals surface area contributed by atoms with Crippen molar-refractivity contribution < 1.29 is 19.1 Å². The van der Waals surface area contributed by atoms with Gasteiger partial charge >= 0.3 is 6.03 Å². The van der Waals surface area contributed by atoms with Crippen molar-refractivity contribution in [1.82, 2.24) is 10.3 Å². The van der Waals surface area contributed by atoms with Gasteiger partial charge in [0.1, 0.15) is 17.5 Å². The van der Waals surface area contributed by atoms with Crippen LogP contribution in [0.15, 0.2) is 36.5 Å². The fraction of sp³-hybridized carbons (Fsp3) is 0.350. The van der Waals surface area contributed by atoms with Crippen LogP contribution in [0.1, 0.15) is 32.8 Å². The Morgan fingerprint density at radius 3 is 2.78 bits per heavy atom. The predicted molar refractivity (Wildman–Crippen MR) is 99.4 cm³/mol. The van der Waals surface area contributed by atoms with E-state index in [2.05, 4.69) is 24.1 Å². The average Bonchev–Trinajstić information content (AvgIpc) is 3.12. The van der Waals surface area contributed by atoms with E-state index < -0.39 is 12.1 Å². The number of hydrogen-bond donors (Lipinski definition) is 1. The first-order valence-corrected chi connectivity index (χ1v) is 8.95. The van der Waals surface area contributed by atoms with Crippen LogP contribution in [0.25, 0.3) is 0 Å². The van der Waals surface area contributed by atoms with Gasteiger partial charge in [-0.2, -0.15) is 0 Å². The lowest BCUT2D eigenvalue weighted by atomic mass is 9.86. The summed E-state index contributed by atoms with van der Waals surface area (Å²) in [5.41, 5.74) is 1.28. The second-order valence-corrected chi connectivity index (χ2v) is 7.34. The highest BCUT2D eigenvalue weighted by Crippen LogP contribution is 2.45. The van der Waals surface area contributed by atoms with Crippen molar-refractivity contribution in [2.24, 2.45) is 0 Å². The van der Waals surface area contributed by atoms with E-state index in [1.165, 1.54) is 6.20 Å². The SMILES string of the molecule is CC[C@H]1NC(=O)N(c2ccc(Oc3cccc4c3C(C)(C)CO4)nc2)C1=O. The second kappa shape index (κ2) is 6.26. The van der Waals surface area contributed by atoms with Gasteiger partial charge in [0.25, 0.3) is 5.91 Å². The predicted octanol–water partition coefficient (Wildman–Crippen LogP) is 3.38. The number of nitrogens with one attached hydrogen (secondary N) is 1. The van der Waals surface area contributed by atoms with Gasteiger partial charge < -0.3 is 14.8 Å². The summed E-state index contributed by atoms with van der Waals surface area (Å²) in [5, 5.41) is 2.66. The molecule has 1 aromatic carbocycles. The molecule has 2 aliphatic heterocycles. The molecular formula is C20H21N3O4. The molecule has 27 heavy (non-hydrogen) atoms. The largest absolute Gasteiger partial charge is 0.492 e. The third kappa shape index (κ3) is 2.89. The molecule has 1 saturated heterocycles. The van der Waals surface area contributed by atoms with Gasteiger partial charge in [0.15, 0.2) is 0 Å². The standard InChI is InChI=1S/C20H21N3O4/c1-4-13-18(24)23(19(25)22-13)12-8-9-16(21-10-12)27-15-7-5-6-14-17(15)20(2,3)11-26-14/h5-10,13H,4,11H2,1-3H3,(H,22,25)/t13-/m1/s1. The van der Waals surface area contributed by atoms with E-state index in [1.807, 2.05) is 25.1 Å². The number of ether oxygens (including phenoxy) is 2. The molecule has 0 radical (unpaired) electrons. The van der Waals surface area contributed by atoms with Crippen molar-refractivity contribution in [2.45, 2.75) is 38.6 Å². The van der Waals surface area contributed by atoms with Crippen LogP contribution in [0.2, 0.25) is 0 Å². The topological polar surface area (TPSA) is 80.8 Å². The summed E-state index contributed by atoms with van der Waals surface area (Å²) in [6.45, 7) is 6.65. The lowest BCUT2D eigenvalue weighted by molar-refractivity contribution is -0.118. The first kappa shape index (κ1) is 17.3. The molecule has 1 atom stereocenters. The highest BCUT2D eigenvalue weighted by atomic mass is 16.5. The molecule has 140 valence electrons. The Labute approximate surface area is 157 Å². The van der Waals surface area contributed by atoms with E-state index in [0.717, 1.165) is 16.2 Å². The number of benzene rings is 1. The number of imide groups is 1. The number of fused-ring (bicyclic) bond motifs is 1. The first-order valence-electron chi connectivity index (χ1n) is 8.95. The quantitative estimate of drug-likeness (QED) is 0.838. The Morgan fingerprint density at radius 1 is 1.30 bits per heavy atom. The molecule has 3 amide bonds. The summed E-state index contributed by atoms with van der Waals surface area (Å²) in [7, 11) is 0. The number of aromatic nitrogens is 1. The van der Waals surface area contributed by atoms with E-state index in [0.29, 0.717) is 30.3 Å². The maximum absolute atomic E-state index is 12.3.